The van der Waals surface area contributed by atoms with Gasteiger partial charge < -0.3 is 49.8 Å². The number of benzene rings is 2. The number of anilines is 1. The molecule has 0 saturated heterocycles. The van der Waals surface area contributed by atoms with Crippen LogP contribution in [0.5, 0.6) is 23.0 Å². The number of rotatable bonds is 12. The maximum Gasteiger partial charge on any atom is 0.312 e. The van der Waals surface area contributed by atoms with Gasteiger partial charge in [0.25, 0.3) is 11.7 Å². The van der Waals surface area contributed by atoms with Crippen LogP contribution in [-0.2, 0) is 23.8 Å². The first-order chi connectivity index (χ1) is 33.7. The number of esters is 1. The van der Waals surface area contributed by atoms with Gasteiger partial charge in [-0.15, -0.1) is 0 Å². The fraction of sp³-hybridized carbons (Fsp3) is 0.643. The topological polar surface area (TPSA) is 217 Å². The average Bonchev–Trinajstić information content (AvgIpc) is 3.59. The first kappa shape index (κ1) is 53.7. The van der Waals surface area contributed by atoms with Crippen LogP contribution in [0.25, 0.3) is 10.8 Å². The lowest BCUT2D eigenvalue weighted by Crippen LogP contribution is -2.58. The molecule has 2 aromatic carbocycles. The van der Waals surface area contributed by atoms with Crippen LogP contribution in [0, 0.1) is 48.3 Å². The number of carbonyl (C=O) groups excluding carboxylic acids is 3. The van der Waals surface area contributed by atoms with Crippen LogP contribution in [0.1, 0.15) is 154 Å². The molecule has 0 radical (unpaired) electrons. The molecule has 1 amide bonds. The number of nitrogens with one attached hydrogen (secondary N) is 1. The van der Waals surface area contributed by atoms with E-state index in [2.05, 4.69) is 17.2 Å². The van der Waals surface area contributed by atoms with Crippen molar-refractivity contribution in [3.63, 3.8) is 0 Å². The predicted octanol–water partition coefficient (Wildman–Crippen LogP) is 9.72. The SMILES string of the molecule is CCCCCCCCN(/N=C/c1c2c(O)c3c(O)c(C)c4c(c3c1O)C(=O)C(C)(OC=CC(OC)C(C)C(OC(C)=O)C(C)C(O)C(C)C(O)C(C)C=CC=C(C)C(=O)N2)O4)C12CC3CC(CC(C3)C1)C2. The highest BCUT2D eigenvalue weighted by Gasteiger charge is 2.54. The molecule has 9 rings (SSSR count). The molecular formula is C56H79N3O12. The van der Waals surface area contributed by atoms with Crippen LogP contribution in [-0.4, -0.2) is 104 Å². The number of hydrazone groups is 1. The maximum absolute atomic E-state index is 14.8. The zero-order chi connectivity index (χ0) is 51.7. The summed E-state index contributed by atoms with van der Waals surface area (Å²) < 4.78 is 24.0. The minimum Gasteiger partial charge on any atom is -0.507 e. The molecule has 4 fully saturated rings. The molecule has 15 heteroatoms. The van der Waals surface area contributed by atoms with Crippen LogP contribution >= 0.6 is 0 Å². The Morgan fingerprint density at radius 1 is 0.873 bits per heavy atom. The number of fused-ring (bicyclic) bond motifs is 14. The molecular weight excluding hydrogens is 907 g/mol. The van der Waals surface area contributed by atoms with Crippen molar-refractivity contribution in [1.29, 1.82) is 0 Å². The van der Waals surface area contributed by atoms with E-state index in [1.54, 1.807) is 52.8 Å². The van der Waals surface area contributed by atoms with Crippen molar-refractivity contribution in [1.82, 2.24) is 5.01 Å². The molecule has 4 aliphatic carbocycles. The van der Waals surface area contributed by atoms with Gasteiger partial charge in [-0.05, 0) is 82.6 Å². The molecule has 71 heavy (non-hydrogen) atoms. The van der Waals surface area contributed by atoms with Gasteiger partial charge in [0.05, 0.1) is 58.5 Å². The number of nitrogens with zero attached hydrogens (tertiary/aromatic N) is 2. The normalized spacial score (nSPS) is 33.1. The number of unbranched alkanes of at least 4 members (excludes halogenated alkanes) is 5. The lowest BCUT2D eigenvalue weighted by Gasteiger charge is -2.59. The number of aliphatic hydroxyl groups excluding tert-OH is 2. The lowest BCUT2D eigenvalue weighted by molar-refractivity contribution is -0.160. The second-order valence-electron chi connectivity index (χ2n) is 21.9. The number of aromatic hydroxyl groups is 3. The van der Waals surface area contributed by atoms with Crippen molar-refractivity contribution in [2.24, 2.45) is 46.5 Å². The molecule has 9 atom stereocenters. The van der Waals surface area contributed by atoms with Gasteiger partial charge in [-0.1, -0.05) is 85.0 Å². The Bertz CT molecular complexity index is 2410. The number of amides is 1. The summed E-state index contributed by atoms with van der Waals surface area (Å²) in [7, 11) is 1.46. The quantitative estimate of drug-likeness (QED) is 0.0292. The second kappa shape index (κ2) is 21.9. The van der Waals surface area contributed by atoms with Gasteiger partial charge in [-0.25, -0.2) is 0 Å². The number of phenolic OH excluding ortho intramolecular Hbond substituents is 3. The number of aliphatic hydroxyl groups is 2. The summed E-state index contributed by atoms with van der Waals surface area (Å²) in [6.45, 7) is 15.6. The molecule has 4 saturated carbocycles. The predicted molar refractivity (Wildman–Crippen MR) is 272 cm³/mol. The Morgan fingerprint density at radius 3 is 2.13 bits per heavy atom. The number of allylic oxidation sites excluding steroid dienone is 2. The van der Waals surface area contributed by atoms with Crippen LogP contribution in [0.2, 0.25) is 0 Å². The highest BCUT2D eigenvalue weighted by molar-refractivity contribution is 6.23. The number of ketones is 1. The summed E-state index contributed by atoms with van der Waals surface area (Å²) >= 11 is 0. The summed E-state index contributed by atoms with van der Waals surface area (Å²) in [5.74, 6) is -6.28. The van der Waals surface area contributed by atoms with Crippen molar-refractivity contribution in [2.45, 2.75) is 175 Å². The van der Waals surface area contributed by atoms with Crippen molar-refractivity contribution in [3.8, 4) is 23.0 Å². The van der Waals surface area contributed by atoms with Crippen molar-refractivity contribution >= 4 is 40.3 Å². The number of methoxy groups -OCH3 is 1. The number of Topliss-reactive ketones (excluding diaryl/α,β-unsaturated/α-hetero) is 1. The largest absolute Gasteiger partial charge is 0.507 e. The molecule has 15 nitrogen and oxygen atoms in total. The molecule has 3 aliphatic heterocycles. The fourth-order valence-electron chi connectivity index (χ4n) is 12.8. The summed E-state index contributed by atoms with van der Waals surface area (Å²) in [4.78, 5) is 41.5. The van der Waals surface area contributed by atoms with Crippen LogP contribution < -0.4 is 10.1 Å². The van der Waals surface area contributed by atoms with Gasteiger partial charge in [-0.3, -0.25) is 19.4 Å². The number of phenols is 3. The molecule has 6 N–H and O–H groups in total. The number of hydrogen-bond acceptors (Lipinski definition) is 14. The Hall–Kier alpha value is -5.12. The van der Waals surface area contributed by atoms with Gasteiger partial charge in [0, 0.05) is 67.7 Å². The van der Waals surface area contributed by atoms with E-state index in [4.69, 9.17) is 24.0 Å². The maximum atomic E-state index is 14.8. The van der Waals surface area contributed by atoms with Crippen molar-refractivity contribution < 1.29 is 58.9 Å². The Balaban J connectivity index is 1.37. The minimum absolute atomic E-state index is 0.0655. The van der Waals surface area contributed by atoms with E-state index in [-0.39, 0.29) is 50.0 Å². The summed E-state index contributed by atoms with van der Waals surface area (Å²) in [6, 6.07) is 0. The Morgan fingerprint density at radius 2 is 1.51 bits per heavy atom. The van der Waals surface area contributed by atoms with E-state index in [0.29, 0.717) is 24.3 Å². The van der Waals surface area contributed by atoms with Gasteiger partial charge in [0.1, 0.15) is 23.4 Å². The molecule has 0 spiro atoms. The molecule has 9 unspecified atom stereocenters. The monoisotopic (exact) mass is 986 g/mol. The van der Waals surface area contributed by atoms with E-state index in [1.807, 2.05) is 0 Å². The van der Waals surface area contributed by atoms with E-state index >= 15 is 0 Å². The minimum atomic E-state index is -2.05. The standard InChI is InChI=1S/C56H79N3O12/c1-11-12-13-14-15-16-21-59(56-26-37-23-38(27-56)25-39(24-37)28-56)57-29-40-45-50(65)43-42(49(40)64)44-52(35(7)48(43)63)71-55(9,53(44)66)69-22-20-41(68-10)32(4)51(70-36(8)60)34(6)47(62)33(5)46(61)30(2)18-17-19-31(3)54(67)58-45/h17-20,22,29-30,32-34,37-39,41,46-47,51,61-65H,11-16,21,23-28H2,1-10H3,(H,58,67)/b18-17?,22-20?,31-19?,57-29+. The molecule has 9 bridgehead atoms. The number of carbonyl (C=O) groups is 3. The average molecular weight is 986 g/mol. The van der Waals surface area contributed by atoms with Crippen LogP contribution in [0.4, 0.5) is 5.69 Å². The van der Waals surface area contributed by atoms with Crippen molar-refractivity contribution in [2.75, 3.05) is 19.0 Å². The fourth-order valence-corrected chi connectivity index (χ4v) is 12.8. The third kappa shape index (κ3) is 10.7. The number of hydrogen-bond donors (Lipinski definition) is 6. The van der Waals surface area contributed by atoms with Crippen LogP contribution in [0.15, 0.2) is 41.2 Å². The van der Waals surface area contributed by atoms with Gasteiger partial charge in [0.2, 0.25) is 0 Å². The van der Waals surface area contributed by atoms with E-state index < -0.39 is 88.8 Å². The van der Waals surface area contributed by atoms with Crippen LogP contribution in [0.3, 0.4) is 0 Å². The van der Waals surface area contributed by atoms with Gasteiger partial charge in [0.15, 0.2) is 5.75 Å². The third-order valence-electron chi connectivity index (χ3n) is 16.6. The van der Waals surface area contributed by atoms with E-state index in [9.17, 15) is 39.9 Å². The van der Waals surface area contributed by atoms with Crippen molar-refractivity contribution in [3.05, 3.63) is 52.8 Å². The molecule has 390 valence electrons. The molecule has 2 aromatic rings. The highest BCUT2D eigenvalue weighted by atomic mass is 16.7. The van der Waals surface area contributed by atoms with Gasteiger partial charge in [-0.2, -0.15) is 5.10 Å². The second-order valence-corrected chi connectivity index (χ2v) is 21.9. The molecule has 7 aliphatic rings. The first-order valence-corrected chi connectivity index (χ1v) is 26.1. The third-order valence-corrected chi connectivity index (χ3v) is 16.6. The smallest absolute Gasteiger partial charge is 0.312 e. The molecule has 0 aromatic heterocycles. The lowest BCUT2D eigenvalue weighted by atomic mass is 9.52. The highest BCUT2D eigenvalue weighted by Crippen LogP contribution is 2.59. The zero-order valence-corrected chi connectivity index (χ0v) is 43.5. The zero-order valence-electron chi connectivity index (χ0n) is 43.5. The van der Waals surface area contributed by atoms with E-state index in [1.165, 1.54) is 78.5 Å². The Kier molecular flexibility index (Phi) is 16.6. The number of ether oxygens (including phenoxy) is 4. The first-order valence-electron chi connectivity index (χ1n) is 26.1. The molecule has 3 heterocycles. The summed E-state index contributed by atoms with van der Waals surface area (Å²) in [5, 5.41) is 69.9. The Labute approximate surface area is 419 Å². The van der Waals surface area contributed by atoms with Gasteiger partial charge >= 0.3 is 11.8 Å². The van der Waals surface area contributed by atoms with E-state index in [0.717, 1.165) is 44.9 Å². The summed E-state index contributed by atoms with van der Waals surface area (Å²) in [5.41, 5.74) is -0.324. The summed E-state index contributed by atoms with van der Waals surface area (Å²) in [6.07, 6.45) is 18.6.